The van der Waals surface area contributed by atoms with Crippen LogP contribution in [0.3, 0.4) is 0 Å². The summed E-state index contributed by atoms with van der Waals surface area (Å²) in [5.41, 5.74) is 0.796. The lowest BCUT2D eigenvalue weighted by Crippen LogP contribution is -2.17. The largest absolute Gasteiger partial charge is 0.375 e. The number of nitrogens with one attached hydrogen (secondary N) is 1. The third kappa shape index (κ3) is 2.13. The molecule has 0 aliphatic rings. The Kier molecular flexibility index (Phi) is 2.64. The molecule has 0 aliphatic heterocycles. The SMILES string of the molecule is COCC(=O)Nc1cn2ccccc2n1. The van der Waals surface area contributed by atoms with E-state index in [1.807, 2.05) is 28.8 Å². The van der Waals surface area contributed by atoms with Crippen LogP contribution in [0.1, 0.15) is 0 Å². The van der Waals surface area contributed by atoms with Gasteiger partial charge < -0.3 is 14.5 Å². The molecule has 1 amide bonds. The fourth-order valence-electron chi connectivity index (χ4n) is 1.30. The molecular formula is C10H11N3O2. The number of fused-ring (bicyclic) bond motifs is 1. The Hall–Kier alpha value is -1.88. The second-order valence-corrected chi connectivity index (χ2v) is 3.07. The molecule has 0 aliphatic carbocycles. The summed E-state index contributed by atoms with van der Waals surface area (Å²) in [4.78, 5) is 15.4. The number of aromatic nitrogens is 2. The monoisotopic (exact) mass is 205 g/mol. The highest BCUT2D eigenvalue weighted by Gasteiger charge is 2.04. The highest BCUT2D eigenvalue weighted by Crippen LogP contribution is 2.08. The first-order chi connectivity index (χ1) is 7.29. The zero-order valence-electron chi connectivity index (χ0n) is 8.30. The molecule has 0 spiro atoms. The maximum Gasteiger partial charge on any atom is 0.251 e. The van der Waals surface area contributed by atoms with Gasteiger partial charge in [0.15, 0.2) is 5.82 Å². The van der Waals surface area contributed by atoms with Gasteiger partial charge in [0.25, 0.3) is 5.91 Å². The van der Waals surface area contributed by atoms with Crippen molar-refractivity contribution in [1.82, 2.24) is 9.38 Å². The van der Waals surface area contributed by atoms with Crippen molar-refractivity contribution in [3.63, 3.8) is 0 Å². The average molecular weight is 205 g/mol. The van der Waals surface area contributed by atoms with Gasteiger partial charge in [-0.15, -0.1) is 0 Å². The van der Waals surface area contributed by atoms with Crippen molar-refractivity contribution in [1.29, 1.82) is 0 Å². The summed E-state index contributed by atoms with van der Waals surface area (Å²) in [6.45, 7) is 0.0356. The number of ether oxygens (including phenoxy) is 1. The van der Waals surface area contributed by atoms with Gasteiger partial charge in [-0.2, -0.15) is 0 Å². The Balaban J connectivity index is 2.18. The Labute approximate surface area is 86.7 Å². The Morgan fingerprint density at radius 2 is 2.47 bits per heavy atom. The van der Waals surface area contributed by atoms with Crippen LogP contribution in [0.2, 0.25) is 0 Å². The molecule has 0 bridgehead atoms. The average Bonchev–Trinajstić information content (AvgIpc) is 2.59. The molecule has 0 saturated heterocycles. The number of hydrogen-bond acceptors (Lipinski definition) is 3. The number of amides is 1. The van der Waals surface area contributed by atoms with Crippen LogP contribution in [0.4, 0.5) is 5.82 Å². The van der Waals surface area contributed by atoms with Gasteiger partial charge >= 0.3 is 0 Å². The van der Waals surface area contributed by atoms with E-state index in [1.165, 1.54) is 7.11 Å². The lowest BCUT2D eigenvalue weighted by atomic mass is 10.5. The summed E-state index contributed by atoms with van der Waals surface area (Å²) >= 11 is 0. The van der Waals surface area contributed by atoms with Crippen molar-refractivity contribution in [2.45, 2.75) is 0 Å². The maximum absolute atomic E-state index is 11.2. The molecule has 0 radical (unpaired) electrons. The van der Waals surface area contributed by atoms with E-state index in [2.05, 4.69) is 10.3 Å². The fourth-order valence-corrected chi connectivity index (χ4v) is 1.30. The molecule has 0 fully saturated rings. The molecule has 5 nitrogen and oxygen atoms in total. The molecule has 1 N–H and O–H groups in total. The van der Waals surface area contributed by atoms with Gasteiger partial charge in [-0.3, -0.25) is 4.79 Å². The minimum Gasteiger partial charge on any atom is -0.375 e. The van der Waals surface area contributed by atoms with Crippen molar-refractivity contribution >= 4 is 17.4 Å². The van der Waals surface area contributed by atoms with E-state index in [-0.39, 0.29) is 12.5 Å². The maximum atomic E-state index is 11.2. The van der Waals surface area contributed by atoms with Gasteiger partial charge in [-0.25, -0.2) is 4.98 Å². The first-order valence-corrected chi connectivity index (χ1v) is 4.52. The molecule has 2 aromatic rings. The molecule has 0 atom stereocenters. The Morgan fingerprint density at radius 3 is 3.20 bits per heavy atom. The Bertz CT molecular complexity index is 445. The third-order valence-corrected chi connectivity index (χ3v) is 1.91. The number of nitrogens with zero attached hydrogens (tertiary/aromatic N) is 2. The first-order valence-electron chi connectivity index (χ1n) is 4.52. The van der Waals surface area contributed by atoms with Gasteiger partial charge in [0.1, 0.15) is 12.3 Å². The van der Waals surface area contributed by atoms with E-state index < -0.39 is 0 Å². The van der Waals surface area contributed by atoms with E-state index in [4.69, 9.17) is 4.74 Å². The van der Waals surface area contributed by atoms with Crippen molar-refractivity contribution < 1.29 is 9.53 Å². The van der Waals surface area contributed by atoms with Crippen LogP contribution in [0, 0.1) is 0 Å². The molecule has 2 rings (SSSR count). The van der Waals surface area contributed by atoms with Gasteiger partial charge in [0, 0.05) is 13.3 Å². The van der Waals surface area contributed by atoms with E-state index in [0.29, 0.717) is 5.82 Å². The van der Waals surface area contributed by atoms with Crippen LogP contribution in [0.25, 0.3) is 5.65 Å². The molecule has 78 valence electrons. The number of carbonyl (C=O) groups excluding carboxylic acids is 1. The van der Waals surface area contributed by atoms with Crippen LogP contribution < -0.4 is 5.32 Å². The summed E-state index contributed by atoms with van der Waals surface area (Å²) in [5.74, 6) is 0.323. The molecular weight excluding hydrogens is 194 g/mol. The standard InChI is InChI=1S/C10H11N3O2/c1-15-7-10(14)12-8-6-13-5-3-2-4-9(13)11-8/h2-6H,7H2,1H3,(H,12,14). The number of pyridine rings is 1. The topological polar surface area (TPSA) is 55.6 Å². The molecule has 5 heteroatoms. The normalized spacial score (nSPS) is 10.5. The molecule has 0 unspecified atom stereocenters. The van der Waals surface area contributed by atoms with Gasteiger partial charge in [0.2, 0.25) is 0 Å². The van der Waals surface area contributed by atoms with Crippen LogP contribution in [0.15, 0.2) is 30.6 Å². The zero-order chi connectivity index (χ0) is 10.7. The minimum absolute atomic E-state index is 0.0356. The third-order valence-electron chi connectivity index (χ3n) is 1.91. The molecule has 2 heterocycles. The highest BCUT2D eigenvalue weighted by molar-refractivity contribution is 5.91. The summed E-state index contributed by atoms with van der Waals surface area (Å²) < 4.78 is 6.54. The summed E-state index contributed by atoms with van der Waals surface area (Å²) in [6, 6.07) is 5.66. The molecule has 0 saturated carbocycles. The summed E-state index contributed by atoms with van der Waals surface area (Å²) in [6.07, 6.45) is 3.62. The fraction of sp³-hybridized carbons (Fsp3) is 0.200. The second kappa shape index (κ2) is 4.10. The first kappa shape index (κ1) is 9.67. The quantitative estimate of drug-likeness (QED) is 0.810. The van der Waals surface area contributed by atoms with Crippen molar-refractivity contribution in [2.24, 2.45) is 0 Å². The van der Waals surface area contributed by atoms with Crippen molar-refractivity contribution in [3.8, 4) is 0 Å². The lowest BCUT2D eigenvalue weighted by Gasteiger charge is -1.98. The summed E-state index contributed by atoms with van der Waals surface area (Å²) in [5, 5.41) is 2.64. The van der Waals surface area contributed by atoms with Gasteiger partial charge in [0.05, 0.1) is 6.20 Å². The van der Waals surface area contributed by atoms with E-state index in [9.17, 15) is 4.79 Å². The van der Waals surface area contributed by atoms with Gasteiger partial charge in [-0.1, -0.05) is 6.07 Å². The van der Waals surface area contributed by atoms with Gasteiger partial charge in [-0.05, 0) is 12.1 Å². The van der Waals surface area contributed by atoms with Crippen LogP contribution in [0.5, 0.6) is 0 Å². The predicted molar refractivity (Wildman–Crippen MR) is 55.7 cm³/mol. The number of hydrogen-bond donors (Lipinski definition) is 1. The number of anilines is 1. The summed E-state index contributed by atoms with van der Waals surface area (Å²) in [7, 11) is 1.48. The minimum atomic E-state index is -0.207. The van der Waals surface area contributed by atoms with E-state index in [0.717, 1.165) is 5.65 Å². The zero-order valence-corrected chi connectivity index (χ0v) is 8.30. The van der Waals surface area contributed by atoms with Crippen LogP contribution >= 0.6 is 0 Å². The number of rotatable bonds is 3. The molecule has 0 aromatic carbocycles. The van der Waals surface area contributed by atoms with Crippen molar-refractivity contribution in [2.75, 3.05) is 19.0 Å². The number of methoxy groups -OCH3 is 1. The van der Waals surface area contributed by atoms with E-state index >= 15 is 0 Å². The number of imidazole rings is 1. The van der Waals surface area contributed by atoms with Crippen LogP contribution in [-0.2, 0) is 9.53 Å². The molecule has 2 aromatic heterocycles. The van der Waals surface area contributed by atoms with Crippen molar-refractivity contribution in [3.05, 3.63) is 30.6 Å². The highest BCUT2D eigenvalue weighted by atomic mass is 16.5. The lowest BCUT2D eigenvalue weighted by molar-refractivity contribution is -0.119. The smallest absolute Gasteiger partial charge is 0.251 e. The molecule has 15 heavy (non-hydrogen) atoms. The second-order valence-electron chi connectivity index (χ2n) is 3.07. The van der Waals surface area contributed by atoms with E-state index in [1.54, 1.807) is 6.20 Å². The Morgan fingerprint density at radius 1 is 1.60 bits per heavy atom. The number of carbonyl (C=O) groups is 1. The van der Waals surface area contributed by atoms with Crippen LogP contribution in [-0.4, -0.2) is 29.0 Å². The predicted octanol–water partition coefficient (Wildman–Crippen LogP) is 0.919.